The van der Waals surface area contributed by atoms with Crippen molar-refractivity contribution in [2.45, 2.75) is 20.0 Å². The van der Waals surface area contributed by atoms with Gasteiger partial charge in [0.05, 0.1) is 18.3 Å². The van der Waals surface area contributed by atoms with Crippen molar-refractivity contribution in [1.82, 2.24) is 5.32 Å². The smallest absolute Gasteiger partial charge is 0.335 e. The van der Waals surface area contributed by atoms with Crippen LogP contribution in [0, 0.1) is 0 Å². The highest BCUT2D eigenvalue weighted by Crippen LogP contribution is 2.11. The number of hydrogen-bond acceptors (Lipinski definition) is 4. The minimum Gasteiger partial charge on any atom is -0.492 e. The monoisotopic (exact) mass is 267 g/mol. The fraction of sp³-hybridized carbons (Fsp3) is 0.500. The number of hydrogen-bond donors (Lipinski definition) is 2. The van der Waals surface area contributed by atoms with Crippen LogP contribution >= 0.6 is 0 Å². The number of ether oxygens (including phenoxy) is 2. The number of aromatic carboxylic acids is 1. The molecule has 5 nitrogen and oxygen atoms in total. The number of nitrogens with one attached hydrogen (secondary N) is 1. The van der Waals surface area contributed by atoms with Gasteiger partial charge in [-0.25, -0.2) is 4.79 Å². The molecule has 2 N–H and O–H groups in total. The van der Waals surface area contributed by atoms with E-state index in [0.717, 1.165) is 13.1 Å². The maximum Gasteiger partial charge on any atom is 0.335 e. The molecule has 0 amide bonds. The van der Waals surface area contributed by atoms with E-state index in [4.69, 9.17) is 14.6 Å². The summed E-state index contributed by atoms with van der Waals surface area (Å²) in [7, 11) is 0. The van der Waals surface area contributed by atoms with Crippen LogP contribution in [-0.4, -0.2) is 43.5 Å². The minimum absolute atomic E-state index is 0.255. The lowest BCUT2D eigenvalue weighted by atomic mass is 10.2. The molecule has 0 spiro atoms. The standard InChI is InChI=1S/C14H21NO4/c1-11(2)18-9-7-15-8-10-19-13-5-3-12(4-6-13)14(16)17/h3-6,11,15H,7-10H2,1-2H3,(H,16,17). The Morgan fingerprint density at radius 2 is 1.84 bits per heavy atom. The highest BCUT2D eigenvalue weighted by molar-refractivity contribution is 5.87. The molecule has 0 aromatic heterocycles. The Bertz CT molecular complexity index is 376. The Kier molecular flexibility index (Phi) is 6.92. The SMILES string of the molecule is CC(C)OCCNCCOc1ccc(C(=O)O)cc1. The van der Waals surface area contributed by atoms with Crippen LogP contribution in [0.25, 0.3) is 0 Å². The molecular weight excluding hydrogens is 246 g/mol. The largest absolute Gasteiger partial charge is 0.492 e. The van der Waals surface area contributed by atoms with Crippen LogP contribution in [0.1, 0.15) is 24.2 Å². The van der Waals surface area contributed by atoms with E-state index < -0.39 is 5.97 Å². The van der Waals surface area contributed by atoms with E-state index in [1.54, 1.807) is 12.1 Å². The highest BCUT2D eigenvalue weighted by atomic mass is 16.5. The highest BCUT2D eigenvalue weighted by Gasteiger charge is 2.01. The summed E-state index contributed by atoms with van der Waals surface area (Å²) in [4.78, 5) is 10.7. The molecule has 0 aliphatic carbocycles. The van der Waals surface area contributed by atoms with Gasteiger partial charge in [-0.1, -0.05) is 0 Å². The predicted molar refractivity (Wildman–Crippen MR) is 72.9 cm³/mol. The zero-order valence-corrected chi connectivity index (χ0v) is 11.4. The van der Waals surface area contributed by atoms with Gasteiger partial charge in [-0.3, -0.25) is 0 Å². The average molecular weight is 267 g/mol. The molecule has 19 heavy (non-hydrogen) atoms. The van der Waals surface area contributed by atoms with E-state index in [1.165, 1.54) is 12.1 Å². The number of rotatable bonds is 9. The minimum atomic E-state index is -0.932. The second kappa shape index (κ2) is 8.50. The van der Waals surface area contributed by atoms with Gasteiger partial charge in [0.15, 0.2) is 0 Å². The molecule has 0 heterocycles. The van der Waals surface area contributed by atoms with Crippen LogP contribution in [0.4, 0.5) is 0 Å². The van der Waals surface area contributed by atoms with Crippen molar-refractivity contribution in [1.29, 1.82) is 0 Å². The zero-order valence-electron chi connectivity index (χ0n) is 11.4. The third-order valence-electron chi connectivity index (χ3n) is 2.38. The van der Waals surface area contributed by atoms with E-state index in [1.807, 2.05) is 13.8 Å². The van der Waals surface area contributed by atoms with Gasteiger partial charge in [0, 0.05) is 13.1 Å². The molecular formula is C14H21NO4. The molecule has 0 atom stereocenters. The second-order valence-electron chi connectivity index (χ2n) is 4.35. The third-order valence-corrected chi connectivity index (χ3v) is 2.38. The van der Waals surface area contributed by atoms with Gasteiger partial charge in [0.1, 0.15) is 12.4 Å². The maximum absolute atomic E-state index is 10.7. The summed E-state index contributed by atoms with van der Waals surface area (Å²) in [5.74, 6) is -0.261. The molecule has 1 rings (SSSR count). The van der Waals surface area contributed by atoms with Crippen LogP contribution in [0.5, 0.6) is 5.75 Å². The Balaban J connectivity index is 2.11. The number of carboxylic acids is 1. The molecule has 5 heteroatoms. The van der Waals surface area contributed by atoms with E-state index in [9.17, 15) is 4.79 Å². The van der Waals surface area contributed by atoms with Crippen molar-refractivity contribution in [3.8, 4) is 5.75 Å². The summed E-state index contributed by atoms with van der Waals surface area (Å²) in [6.45, 7) is 6.74. The summed E-state index contributed by atoms with van der Waals surface area (Å²) < 4.78 is 10.9. The fourth-order valence-electron chi connectivity index (χ4n) is 1.43. The van der Waals surface area contributed by atoms with Crippen molar-refractivity contribution in [3.05, 3.63) is 29.8 Å². The molecule has 106 valence electrons. The fourth-order valence-corrected chi connectivity index (χ4v) is 1.43. The zero-order chi connectivity index (χ0) is 14.1. The van der Waals surface area contributed by atoms with Gasteiger partial charge >= 0.3 is 5.97 Å². The molecule has 1 aromatic carbocycles. The Morgan fingerprint density at radius 1 is 1.21 bits per heavy atom. The van der Waals surface area contributed by atoms with E-state index in [-0.39, 0.29) is 11.7 Å². The molecule has 0 bridgehead atoms. The Labute approximate surface area is 113 Å². The lowest BCUT2D eigenvalue weighted by molar-refractivity contribution is 0.0696. The van der Waals surface area contributed by atoms with Gasteiger partial charge < -0.3 is 19.9 Å². The molecule has 0 aliphatic rings. The first-order valence-electron chi connectivity index (χ1n) is 6.38. The third kappa shape index (κ3) is 6.79. The Morgan fingerprint density at radius 3 is 2.42 bits per heavy atom. The average Bonchev–Trinajstić information content (AvgIpc) is 2.38. The summed E-state index contributed by atoms with van der Waals surface area (Å²) >= 11 is 0. The Hall–Kier alpha value is -1.59. The van der Waals surface area contributed by atoms with Gasteiger partial charge in [0.2, 0.25) is 0 Å². The molecule has 0 unspecified atom stereocenters. The summed E-state index contributed by atoms with van der Waals surface area (Å²) in [6.07, 6.45) is 0.255. The van der Waals surface area contributed by atoms with Gasteiger partial charge in [-0.2, -0.15) is 0 Å². The lowest BCUT2D eigenvalue weighted by Crippen LogP contribution is -2.25. The van der Waals surface area contributed by atoms with E-state index in [2.05, 4.69) is 5.32 Å². The number of benzene rings is 1. The maximum atomic E-state index is 10.7. The molecule has 0 saturated carbocycles. The normalized spacial score (nSPS) is 10.7. The molecule has 0 saturated heterocycles. The van der Waals surface area contributed by atoms with Crippen LogP contribution < -0.4 is 10.1 Å². The molecule has 0 aliphatic heterocycles. The summed E-state index contributed by atoms with van der Waals surface area (Å²) in [6, 6.07) is 6.37. The molecule has 0 radical (unpaired) electrons. The van der Waals surface area contributed by atoms with Gasteiger partial charge in [0.25, 0.3) is 0 Å². The van der Waals surface area contributed by atoms with Crippen LogP contribution in [0.2, 0.25) is 0 Å². The van der Waals surface area contributed by atoms with Crippen molar-refractivity contribution in [2.75, 3.05) is 26.3 Å². The summed E-state index contributed by atoms with van der Waals surface area (Å²) in [5.41, 5.74) is 0.260. The van der Waals surface area contributed by atoms with E-state index in [0.29, 0.717) is 19.0 Å². The predicted octanol–water partition coefficient (Wildman–Crippen LogP) is 1.78. The van der Waals surface area contributed by atoms with Crippen LogP contribution in [0.3, 0.4) is 0 Å². The van der Waals surface area contributed by atoms with Gasteiger partial charge in [-0.05, 0) is 38.1 Å². The van der Waals surface area contributed by atoms with Crippen molar-refractivity contribution < 1.29 is 19.4 Å². The summed E-state index contributed by atoms with van der Waals surface area (Å²) in [5, 5.41) is 11.9. The van der Waals surface area contributed by atoms with Gasteiger partial charge in [-0.15, -0.1) is 0 Å². The van der Waals surface area contributed by atoms with E-state index >= 15 is 0 Å². The first kappa shape index (κ1) is 15.5. The molecule has 0 fully saturated rings. The van der Waals surface area contributed by atoms with Crippen LogP contribution in [0.15, 0.2) is 24.3 Å². The van der Waals surface area contributed by atoms with Crippen LogP contribution in [-0.2, 0) is 4.74 Å². The topological polar surface area (TPSA) is 67.8 Å². The van der Waals surface area contributed by atoms with Crippen molar-refractivity contribution >= 4 is 5.97 Å². The van der Waals surface area contributed by atoms with Crippen molar-refractivity contribution in [2.24, 2.45) is 0 Å². The number of carboxylic acid groups (broad SMARTS) is 1. The second-order valence-corrected chi connectivity index (χ2v) is 4.35. The van der Waals surface area contributed by atoms with Crippen molar-refractivity contribution in [3.63, 3.8) is 0 Å². The lowest BCUT2D eigenvalue weighted by Gasteiger charge is -2.09. The number of carbonyl (C=O) groups is 1. The quantitative estimate of drug-likeness (QED) is 0.667. The molecule has 1 aromatic rings. The first-order valence-corrected chi connectivity index (χ1v) is 6.38. The first-order chi connectivity index (χ1) is 9.09.